The van der Waals surface area contributed by atoms with Gasteiger partial charge in [0.2, 0.25) is 5.56 Å². The minimum absolute atomic E-state index is 0. The van der Waals surface area contributed by atoms with Crippen molar-refractivity contribution in [3.05, 3.63) is 64.6 Å². The number of pyridine rings is 2. The van der Waals surface area contributed by atoms with Crippen LogP contribution in [0.3, 0.4) is 0 Å². The summed E-state index contributed by atoms with van der Waals surface area (Å²) in [7, 11) is 0. The third-order valence-corrected chi connectivity index (χ3v) is 4.63. The molecule has 1 unspecified atom stereocenters. The molecule has 0 fully saturated rings. The number of fused-ring (bicyclic) bond motifs is 1. The highest BCUT2D eigenvalue weighted by Gasteiger charge is 2.07. The molecule has 3 aromatic rings. The Bertz CT molecular complexity index is 944. The summed E-state index contributed by atoms with van der Waals surface area (Å²) in [5.41, 5.74) is 3.21. The molecule has 3 rings (SSSR count). The van der Waals surface area contributed by atoms with Crippen molar-refractivity contribution in [1.82, 2.24) is 14.3 Å². The monoisotopic (exact) mass is 378 g/mol. The molecule has 0 aliphatic heterocycles. The van der Waals surface area contributed by atoms with E-state index < -0.39 is 11.3 Å². The number of aromatic amines is 1. The minimum atomic E-state index is -2.22. The van der Waals surface area contributed by atoms with Crippen LogP contribution in [0.2, 0.25) is 0 Å². The molecule has 8 heteroatoms. The average molecular weight is 379 g/mol. The second kappa shape index (κ2) is 8.35. The molecule has 25 heavy (non-hydrogen) atoms. The zero-order chi connectivity index (χ0) is 17.1. The molecule has 0 radical (unpaired) electrons. The van der Waals surface area contributed by atoms with Crippen molar-refractivity contribution in [2.24, 2.45) is 0 Å². The van der Waals surface area contributed by atoms with Gasteiger partial charge in [0, 0.05) is 42.0 Å². The van der Waals surface area contributed by atoms with Gasteiger partial charge < -0.3 is 9.54 Å². The van der Waals surface area contributed by atoms with E-state index in [1.165, 1.54) is 10.4 Å². The molecular formula is C17H17ClN3O3S-. The Morgan fingerprint density at radius 3 is 2.52 bits per heavy atom. The lowest BCUT2D eigenvalue weighted by Crippen LogP contribution is -2.24. The predicted molar refractivity (Wildman–Crippen MR) is 100 cm³/mol. The van der Waals surface area contributed by atoms with Crippen molar-refractivity contribution in [3.8, 4) is 11.1 Å². The normalized spacial score (nSPS) is 12.1. The molecule has 0 saturated heterocycles. The van der Waals surface area contributed by atoms with Crippen molar-refractivity contribution in [2.75, 3.05) is 6.54 Å². The molecule has 0 aliphatic rings. The highest BCUT2D eigenvalue weighted by atomic mass is 35.5. The number of halogens is 1. The van der Waals surface area contributed by atoms with Crippen LogP contribution in [0.15, 0.2) is 53.5 Å². The van der Waals surface area contributed by atoms with Gasteiger partial charge in [0.05, 0.1) is 0 Å². The van der Waals surface area contributed by atoms with Gasteiger partial charge in [0.15, 0.2) is 0 Å². The van der Waals surface area contributed by atoms with Gasteiger partial charge >= 0.3 is 0 Å². The molecule has 0 amide bonds. The maximum atomic E-state index is 11.4. The van der Waals surface area contributed by atoms with Gasteiger partial charge in [-0.25, -0.2) is 9.29 Å². The second-order valence-electron chi connectivity index (χ2n) is 5.31. The smallest absolute Gasteiger partial charge is 0.249 e. The number of hydrogen-bond acceptors (Lipinski definition) is 4. The minimum Gasteiger partial charge on any atom is -0.760 e. The van der Waals surface area contributed by atoms with Crippen LogP contribution in [0.1, 0.15) is 12.5 Å². The summed E-state index contributed by atoms with van der Waals surface area (Å²) in [5, 5.41) is 0.862. The van der Waals surface area contributed by atoms with Crippen molar-refractivity contribution in [2.45, 2.75) is 13.5 Å². The van der Waals surface area contributed by atoms with Crippen molar-refractivity contribution in [1.29, 1.82) is 0 Å². The quantitative estimate of drug-likeness (QED) is 0.691. The van der Waals surface area contributed by atoms with E-state index in [4.69, 9.17) is 0 Å². The summed E-state index contributed by atoms with van der Waals surface area (Å²) < 4.78 is 23.5. The lowest BCUT2D eigenvalue weighted by Gasteiger charge is -2.22. The molecule has 1 N–H and O–H groups in total. The Hall–Kier alpha value is -2.06. The number of nitrogens with one attached hydrogen (secondary N) is 1. The van der Waals surface area contributed by atoms with Crippen LogP contribution < -0.4 is 5.56 Å². The van der Waals surface area contributed by atoms with Crippen LogP contribution in [0.4, 0.5) is 0 Å². The molecule has 2 aromatic heterocycles. The number of benzene rings is 1. The summed E-state index contributed by atoms with van der Waals surface area (Å²) in [6.07, 6.45) is 1.65. The lowest BCUT2D eigenvalue weighted by molar-refractivity contribution is 0.396. The summed E-state index contributed by atoms with van der Waals surface area (Å²) >= 11 is -2.22. The van der Waals surface area contributed by atoms with E-state index in [1.807, 2.05) is 30.3 Å². The van der Waals surface area contributed by atoms with E-state index in [9.17, 15) is 13.6 Å². The molecule has 0 spiro atoms. The number of hydrogen-bond donors (Lipinski definition) is 1. The van der Waals surface area contributed by atoms with Gasteiger partial charge in [0.25, 0.3) is 0 Å². The SMILES string of the molecule is CCN(Cc1ccc(-c2ccnc3[nH]c(=O)ccc23)cc1)S(=O)[O-].Cl. The first-order chi connectivity index (χ1) is 11.6. The zero-order valence-corrected chi connectivity index (χ0v) is 15.1. The van der Waals surface area contributed by atoms with Gasteiger partial charge in [-0.2, -0.15) is 0 Å². The second-order valence-corrected chi connectivity index (χ2v) is 6.26. The first-order valence-electron chi connectivity index (χ1n) is 7.50. The molecule has 0 saturated carbocycles. The predicted octanol–water partition coefficient (Wildman–Crippen LogP) is 2.63. The topological polar surface area (TPSA) is 89.1 Å². The van der Waals surface area contributed by atoms with E-state index in [1.54, 1.807) is 19.2 Å². The van der Waals surface area contributed by atoms with E-state index in [2.05, 4.69) is 9.97 Å². The molecule has 6 nitrogen and oxygen atoms in total. The number of H-pyrrole nitrogens is 1. The van der Waals surface area contributed by atoms with E-state index >= 15 is 0 Å². The number of nitrogens with zero attached hydrogens (tertiary/aromatic N) is 2. The lowest BCUT2D eigenvalue weighted by atomic mass is 10.0. The fourth-order valence-electron chi connectivity index (χ4n) is 2.57. The molecule has 0 aliphatic carbocycles. The maximum Gasteiger partial charge on any atom is 0.249 e. The van der Waals surface area contributed by atoms with Crippen LogP contribution in [0.25, 0.3) is 22.2 Å². The molecule has 132 valence electrons. The molecule has 1 aromatic carbocycles. The summed E-state index contributed by atoms with van der Waals surface area (Å²) in [6, 6.07) is 12.8. The summed E-state index contributed by atoms with van der Waals surface area (Å²) in [4.78, 5) is 18.3. The largest absolute Gasteiger partial charge is 0.760 e. The highest BCUT2D eigenvalue weighted by molar-refractivity contribution is 7.76. The Labute approximate surface area is 153 Å². The van der Waals surface area contributed by atoms with Gasteiger partial charge in [-0.05, 0) is 28.8 Å². The Balaban J connectivity index is 0.00000225. The van der Waals surface area contributed by atoms with Crippen LogP contribution in [-0.2, 0) is 17.8 Å². The van der Waals surface area contributed by atoms with E-state index in [0.717, 1.165) is 22.1 Å². The molecular weight excluding hydrogens is 362 g/mol. The third-order valence-electron chi connectivity index (χ3n) is 3.82. The first-order valence-corrected chi connectivity index (χ1v) is 8.53. The van der Waals surface area contributed by atoms with E-state index in [0.29, 0.717) is 18.7 Å². The standard InChI is InChI=1S/C17H17N3O3S.ClH/c1-2-20(24(22)23)11-12-3-5-13(6-4-12)14-9-10-18-17-15(14)7-8-16(21)19-17;/h3-10H,2,11H2,1H3,(H,22,23)(H,18,19,21);1H/p-1. The zero-order valence-electron chi connectivity index (χ0n) is 13.5. The highest BCUT2D eigenvalue weighted by Crippen LogP contribution is 2.26. The molecule has 0 bridgehead atoms. The van der Waals surface area contributed by atoms with Crippen molar-refractivity contribution in [3.63, 3.8) is 0 Å². The molecule has 2 heterocycles. The average Bonchev–Trinajstić information content (AvgIpc) is 2.59. The Morgan fingerprint density at radius 1 is 1.16 bits per heavy atom. The van der Waals surface area contributed by atoms with Crippen LogP contribution in [0, 0.1) is 0 Å². The van der Waals surface area contributed by atoms with Crippen molar-refractivity contribution >= 4 is 34.7 Å². The van der Waals surface area contributed by atoms with Gasteiger partial charge in [0.1, 0.15) is 5.65 Å². The van der Waals surface area contributed by atoms with Crippen LogP contribution in [0.5, 0.6) is 0 Å². The third kappa shape index (κ3) is 4.32. The summed E-state index contributed by atoms with van der Waals surface area (Å²) in [6.45, 7) is 2.57. The number of aromatic nitrogens is 2. The van der Waals surface area contributed by atoms with Crippen molar-refractivity contribution < 1.29 is 8.76 Å². The Kier molecular flexibility index (Phi) is 6.44. The van der Waals surface area contributed by atoms with Gasteiger partial charge in [-0.15, -0.1) is 12.4 Å². The van der Waals surface area contributed by atoms with Gasteiger partial charge in [-0.1, -0.05) is 31.2 Å². The summed E-state index contributed by atoms with van der Waals surface area (Å²) in [5.74, 6) is 0. The fraction of sp³-hybridized carbons (Fsp3) is 0.176. The van der Waals surface area contributed by atoms with Crippen LogP contribution >= 0.6 is 12.4 Å². The van der Waals surface area contributed by atoms with Gasteiger partial charge in [-0.3, -0.25) is 9.00 Å². The Morgan fingerprint density at radius 2 is 1.88 bits per heavy atom. The first kappa shape index (κ1) is 19.3. The number of rotatable bonds is 5. The fourth-order valence-corrected chi connectivity index (χ4v) is 3.04. The van der Waals surface area contributed by atoms with E-state index in [-0.39, 0.29) is 18.0 Å². The molecule has 1 atom stereocenters. The maximum absolute atomic E-state index is 11.4. The van der Waals surface area contributed by atoms with Crippen LogP contribution in [-0.4, -0.2) is 29.6 Å².